The third kappa shape index (κ3) is 1.67. The first-order valence-corrected chi connectivity index (χ1v) is 4.67. The van der Waals surface area contributed by atoms with E-state index in [4.69, 9.17) is 10.2 Å². The first kappa shape index (κ1) is 8.96. The first-order chi connectivity index (χ1) is 6.65. The van der Waals surface area contributed by atoms with Crippen molar-refractivity contribution in [3.05, 3.63) is 29.4 Å². The van der Waals surface area contributed by atoms with Gasteiger partial charge in [-0.1, -0.05) is 0 Å². The van der Waals surface area contributed by atoms with Crippen LogP contribution >= 0.6 is 11.3 Å². The lowest BCUT2D eigenvalue weighted by molar-refractivity contribution is 0.457. The third-order valence-electron chi connectivity index (χ3n) is 1.62. The van der Waals surface area contributed by atoms with E-state index in [1.165, 1.54) is 28.8 Å². The number of hydrogen-bond acceptors (Lipinski definition) is 4. The predicted octanol–water partition coefficient (Wildman–Crippen LogP) is 2.36. The van der Waals surface area contributed by atoms with Crippen molar-refractivity contribution in [2.75, 3.05) is 0 Å². The van der Waals surface area contributed by atoms with Crippen LogP contribution in [0.15, 0.2) is 23.6 Å². The summed E-state index contributed by atoms with van der Waals surface area (Å²) >= 11 is 1.18. The molecule has 0 aliphatic rings. The standard InChI is InChI=1S/C9H6FNO2S/c10-6-1-5(2-7(12)3-6)9-11-8(13)4-14-9/h1-4,12-13H. The van der Waals surface area contributed by atoms with E-state index >= 15 is 0 Å². The van der Waals surface area contributed by atoms with Crippen molar-refractivity contribution in [2.24, 2.45) is 0 Å². The van der Waals surface area contributed by atoms with Crippen LogP contribution in [0.1, 0.15) is 0 Å². The Morgan fingerprint density at radius 3 is 2.57 bits per heavy atom. The van der Waals surface area contributed by atoms with Crippen LogP contribution in [0.25, 0.3) is 10.6 Å². The fourth-order valence-electron chi connectivity index (χ4n) is 1.10. The number of thiazole rings is 1. The highest BCUT2D eigenvalue weighted by Crippen LogP contribution is 2.29. The second kappa shape index (κ2) is 3.26. The topological polar surface area (TPSA) is 53.4 Å². The van der Waals surface area contributed by atoms with Gasteiger partial charge in [0.2, 0.25) is 5.88 Å². The fourth-order valence-corrected chi connectivity index (χ4v) is 1.77. The van der Waals surface area contributed by atoms with E-state index in [0.29, 0.717) is 10.6 Å². The first-order valence-electron chi connectivity index (χ1n) is 3.79. The van der Waals surface area contributed by atoms with E-state index in [-0.39, 0.29) is 11.6 Å². The molecule has 14 heavy (non-hydrogen) atoms. The van der Waals surface area contributed by atoms with Gasteiger partial charge in [-0.2, -0.15) is 0 Å². The van der Waals surface area contributed by atoms with Crippen LogP contribution in [-0.2, 0) is 0 Å². The van der Waals surface area contributed by atoms with Gasteiger partial charge < -0.3 is 10.2 Å². The summed E-state index contributed by atoms with van der Waals surface area (Å²) in [5.74, 6) is -0.793. The Hall–Kier alpha value is -1.62. The molecule has 0 aliphatic heterocycles. The zero-order valence-electron chi connectivity index (χ0n) is 6.94. The predicted molar refractivity (Wildman–Crippen MR) is 50.8 cm³/mol. The molecule has 0 bridgehead atoms. The zero-order chi connectivity index (χ0) is 10.1. The molecule has 0 saturated carbocycles. The average molecular weight is 211 g/mol. The van der Waals surface area contributed by atoms with Gasteiger partial charge in [-0.25, -0.2) is 9.37 Å². The molecule has 0 spiro atoms. The normalized spacial score (nSPS) is 10.4. The molecule has 72 valence electrons. The Morgan fingerprint density at radius 1 is 1.21 bits per heavy atom. The molecule has 2 rings (SSSR count). The highest BCUT2D eigenvalue weighted by atomic mass is 32.1. The van der Waals surface area contributed by atoms with Crippen LogP contribution in [0.4, 0.5) is 4.39 Å². The summed E-state index contributed by atoms with van der Waals surface area (Å²) in [6.45, 7) is 0. The number of nitrogens with zero attached hydrogens (tertiary/aromatic N) is 1. The Labute approximate surface area is 83.1 Å². The molecule has 1 aromatic carbocycles. The van der Waals surface area contributed by atoms with Crippen LogP contribution in [0.5, 0.6) is 11.6 Å². The molecule has 0 aliphatic carbocycles. The zero-order valence-corrected chi connectivity index (χ0v) is 7.75. The molecule has 1 aromatic heterocycles. The van der Waals surface area contributed by atoms with Crippen molar-refractivity contribution >= 4 is 11.3 Å². The van der Waals surface area contributed by atoms with Gasteiger partial charge in [-0.05, 0) is 12.1 Å². The number of phenolic OH excluding ortho intramolecular Hbond substituents is 1. The molecule has 2 aromatic rings. The van der Waals surface area contributed by atoms with Crippen LogP contribution in [-0.4, -0.2) is 15.2 Å². The highest BCUT2D eigenvalue weighted by Gasteiger charge is 2.06. The monoisotopic (exact) mass is 211 g/mol. The van der Waals surface area contributed by atoms with Crippen molar-refractivity contribution in [3.8, 4) is 22.2 Å². The minimum Gasteiger partial charge on any atom is -0.508 e. The van der Waals surface area contributed by atoms with Gasteiger partial charge in [0.25, 0.3) is 0 Å². The number of aromatic hydroxyl groups is 2. The molecule has 1 heterocycles. The number of hydrogen-bond donors (Lipinski definition) is 2. The molecule has 0 radical (unpaired) electrons. The lowest BCUT2D eigenvalue weighted by Crippen LogP contribution is -1.79. The van der Waals surface area contributed by atoms with Crippen molar-refractivity contribution < 1.29 is 14.6 Å². The van der Waals surface area contributed by atoms with Crippen molar-refractivity contribution in [1.29, 1.82) is 0 Å². The van der Waals surface area contributed by atoms with Crippen molar-refractivity contribution in [2.45, 2.75) is 0 Å². The summed E-state index contributed by atoms with van der Waals surface area (Å²) in [7, 11) is 0. The average Bonchev–Trinajstić information content (AvgIpc) is 2.50. The molecule has 0 fully saturated rings. The van der Waals surface area contributed by atoms with Gasteiger partial charge in [-0.3, -0.25) is 0 Å². The summed E-state index contributed by atoms with van der Waals surface area (Å²) in [5, 5.41) is 20.0. The number of aromatic nitrogens is 1. The van der Waals surface area contributed by atoms with E-state index in [0.717, 1.165) is 6.07 Å². The Bertz CT molecular complexity index is 449. The summed E-state index contributed by atoms with van der Waals surface area (Å²) in [5.41, 5.74) is 0.452. The van der Waals surface area contributed by atoms with E-state index in [9.17, 15) is 4.39 Å². The van der Waals surface area contributed by atoms with Crippen molar-refractivity contribution in [3.63, 3.8) is 0 Å². The summed E-state index contributed by atoms with van der Waals surface area (Å²) in [4.78, 5) is 3.76. The lowest BCUT2D eigenvalue weighted by Gasteiger charge is -1.97. The van der Waals surface area contributed by atoms with Crippen LogP contribution in [0.3, 0.4) is 0 Å². The summed E-state index contributed by atoms with van der Waals surface area (Å²) < 4.78 is 12.9. The smallest absolute Gasteiger partial charge is 0.222 e. The molecular weight excluding hydrogens is 205 g/mol. The highest BCUT2D eigenvalue weighted by molar-refractivity contribution is 7.13. The van der Waals surface area contributed by atoms with E-state index in [1.807, 2.05) is 0 Å². The summed E-state index contributed by atoms with van der Waals surface area (Å²) in [6.07, 6.45) is 0. The maximum Gasteiger partial charge on any atom is 0.222 e. The number of benzene rings is 1. The summed E-state index contributed by atoms with van der Waals surface area (Å²) in [6, 6.07) is 3.65. The van der Waals surface area contributed by atoms with Gasteiger partial charge in [-0.15, -0.1) is 11.3 Å². The van der Waals surface area contributed by atoms with Gasteiger partial charge in [0.05, 0.1) is 5.38 Å². The Kier molecular flexibility index (Phi) is 2.09. The van der Waals surface area contributed by atoms with Gasteiger partial charge in [0.15, 0.2) is 0 Å². The second-order valence-electron chi connectivity index (χ2n) is 2.71. The molecule has 5 heteroatoms. The van der Waals surface area contributed by atoms with Crippen molar-refractivity contribution in [1.82, 2.24) is 4.98 Å². The SMILES string of the molecule is Oc1cc(F)cc(-c2nc(O)cs2)c1. The van der Waals surface area contributed by atoms with Crippen LogP contribution in [0, 0.1) is 5.82 Å². The Morgan fingerprint density at radius 2 is 2.00 bits per heavy atom. The molecule has 0 saturated heterocycles. The maximum absolute atomic E-state index is 12.9. The second-order valence-corrected chi connectivity index (χ2v) is 3.57. The molecular formula is C9H6FNO2S. The maximum atomic E-state index is 12.9. The number of rotatable bonds is 1. The number of phenols is 1. The molecule has 0 atom stereocenters. The Balaban J connectivity index is 2.51. The minimum absolute atomic E-state index is 0.103. The van der Waals surface area contributed by atoms with Gasteiger partial charge >= 0.3 is 0 Å². The third-order valence-corrected chi connectivity index (χ3v) is 2.50. The molecule has 0 unspecified atom stereocenters. The van der Waals surface area contributed by atoms with E-state index in [1.54, 1.807) is 0 Å². The fraction of sp³-hybridized carbons (Fsp3) is 0. The minimum atomic E-state index is -0.533. The molecule has 0 amide bonds. The van der Waals surface area contributed by atoms with E-state index < -0.39 is 5.82 Å². The quantitative estimate of drug-likeness (QED) is 0.761. The van der Waals surface area contributed by atoms with Gasteiger partial charge in [0.1, 0.15) is 16.6 Å². The molecule has 3 nitrogen and oxygen atoms in total. The largest absolute Gasteiger partial charge is 0.508 e. The van der Waals surface area contributed by atoms with Gasteiger partial charge in [0, 0.05) is 11.6 Å². The lowest BCUT2D eigenvalue weighted by atomic mass is 10.2. The van der Waals surface area contributed by atoms with Crippen LogP contribution < -0.4 is 0 Å². The molecule has 2 N–H and O–H groups in total. The van der Waals surface area contributed by atoms with Crippen LogP contribution in [0.2, 0.25) is 0 Å². The number of halogens is 1. The van der Waals surface area contributed by atoms with E-state index in [2.05, 4.69) is 4.98 Å².